The maximum Gasteiger partial charge on any atom is 0.205 e. The number of carbonyl (C=O) groups excluding carboxylic acids is 2. The zero-order chi connectivity index (χ0) is 10.8. The third-order valence-electron chi connectivity index (χ3n) is 2.97. The molecule has 1 atom stereocenters. The van der Waals surface area contributed by atoms with Crippen molar-refractivity contribution in [3.05, 3.63) is 35.4 Å². The van der Waals surface area contributed by atoms with Crippen LogP contribution in [0.5, 0.6) is 0 Å². The third-order valence-corrected chi connectivity index (χ3v) is 2.97. The molecule has 0 bridgehead atoms. The molecule has 0 saturated heterocycles. The van der Waals surface area contributed by atoms with Gasteiger partial charge in [-0.2, -0.15) is 0 Å². The van der Waals surface area contributed by atoms with Crippen LogP contribution in [0.4, 0.5) is 0 Å². The van der Waals surface area contributed by atoms with Crippen LogP contribution in [0, 0.1) is 6.92 Å². The van der Waals surface area contributed by atoms with Crippen LogP contribution in [0.2, 0.25) is 0 Å². The van der Waals surface area contributed by atoms with E-state index in [0.29, 0.717) is 6.42 Å². The van der Waals surface area contributed by atoms with Gasteiger partial charge in [0.15, 0.2) is 5.78 Å². The second-order valence-electron chi connectivity index (χ2n) is 4.14. The number of ketones is 2. The number of carbonyl (C=O) groups is 2. The van der Waals surface area contributed by atoms with E-state index in [-0.39, 0.29) is 17.5 Å². The Kier molecular flexibility index (Phi) is 2.67. The first kappa shape index (κ1) is 10.1. The lowest BCUT2D eigenvalue weighted by molar-refractivity contribution is -0.139. The predicted octanol–water partition coefficient (Wildman–Crippen LogP) is 2.40. The quantitative estimate of drug-likeness (QED) is 0.655. The normalized spacial score (nSPS) is 21.8. The molecule has 0 aromatic heterocycles. The van der Waals surface area contributed by atoms with Gasteiger partial charge >= 0.3 is 0 Å². The minimum atomic E-state index is -0.204. The van der Waals surface area contributed by atoms with Crippen LogP contribution in [0.1, 0.15) is 36.3 Å². The van der Waals surface area contributed by atoms with Gasteiger partial charge < -0.3 is 0 Å². The Morgan fingerprint density at radius 2 is 1.80 bits per heavy atom. The monoisotopic (exact) mass is 202 g/mol. The minimum Gasteiger partial charge on any atom is -0.291 e. The van der Waals surface area contributed by atoms with Crippen LogP contribution in [-0.4, -0.2) is 11.6 Å². The van der Waals surface area contributed by atoms with Crippen molar-refractivity contribution >= 4 is 11.6 Å². The molecule has 2 heteroatoms. The standard InChI is InChI=1S/C13H14O2/c1-9-5-7-10(8-6-9)11-3-2-4-12(14)13(11)15/h5-8,11H,2-4H2,1H3. The molecule has 0 N–H and O–H groups in total. The molecular weight excluding hydrogens is 188 g/mol. The lowest BCUT2D eigenvalue weighted by Crippen LogP contribution is -2.26. The molecule has 1 unspecified atom stereocenters. The molecule has 1 saturated carbocycles. The van der Waals surface area contributed by atoms with Crippen LogP contribution in [0.25, 0.3) is 0 Å². The fourth-order valence-electron chi connectivity index (χ4n) is 2.03. The van der Waals surface area contributed by atoms with Crippen LogP contribution < -0.4 is 0 Å². The van der Waals surface area contributed by atoms with Crippen molar-refractivity contribution in [2.24, 2.45) is 0 Å². The molecule has 0 spiro atoms. The summed E-state index contributed by atoms with van der Waals surface area (Å²) in [7, 11) is 0. The Morgan fingerprint density at radius 1 is 1.13 bits per heavy atom. The Hall–Kier alpha value is -1.44. The average Bonchev–Trinajstić information content (AvgIpc) is 2.24. The van der Waals surface area contributed by atoms with E-state index in [1.165, 1.54) is 5.56 Å². The number of hydrogen-bond acceptors (Lipinski definition) is 2. The van der Waals surface area contributed by atoms with E-state index in [4.69, 9.17) is 0 Å². The zero-order valence-corrected chi connectivity index (χ0v) is 8.82. The van der Waals surface area contributed by atoms with Gasteiger partial charge in [-0.15, -0.1) is 0 Å². The molecule has 2 nitrogen and oxygen atoms in total. The number of hydrogen-bond donors (Lipinski definition) is 0. The summed E-state index contributed by atoms with van der Waals surface area (Å²) in [5.41, 5.74) is 2.16. The highest BCUT2D eigenvalue weighted by atomic mass is 16.2. The summed E-state index contributed by atoms with van der Waals surface area (Å²) in [6, 6.07) is 7.89. The minimum absolute atomic E-state index is 0.188. The molecule has 1 aliphatic carbocycles. The molecule has 1 aliphatic rings. The Labute approximate surface area is 89.3 Å². The van der Waals surface area contributed by atoms with E-state index >= 15 is 0 Å². The maximum absolute atomic E-state index is 11.7. The highest BCUT2D eigenvalue weighted by molar-refractivity contribution is 6.39. The molecule has 0 radical (unpaired) electrons. The van der Waals surface area contributed by atoms with Gasteiger partial charge in [0, 0.05) is 6.42 Å². The zero-order valence-electron chi connectivity index (χ0n) is 8.82. The van der Waals surface area contributed by atoms with Crippen molar-refractivity contribution in [2.45, 2.75) is 32.1 Å². The number of aryl methyl sites for hydroxylation is 1. The molecule has 2 rings (SSSR count). The first-order valence-corrected chi connectivity index (χ1v) is 5.32. The summed E-state index contributed by atoms with van der Waals surface area (Å²) in [6.07, 6.45) is 2.08. The molecule has 0 amide bonds. The SMILES string of the molecule is Cc1ccc(C2CCCC(=O)C2=O)cc1. The van der Waals surface area contributed by atoms with E-state index < -0.39 is 0 Å². The lowest BCUT2D eigenvalue weighted by Gasteiger charge is -2.19. The third kappa shape index (κ3) is 1.99. The van der Waals surface area contributed by atoms with E-state index in [1.54, 1.807) is 0 Å². The summed E-state index contributed by atoms with van der Waals surface area (Å²) >= 11 is 0. The summed E-state index contributed by atoms with van der Waals surface area (Å²) in [5, 5.41) is 0. The molecule has 0 heterocycles. The molecule has 78 valence electrons. The molecule has 1 aromatic carbocycles. The summed E-state index contributed by atoms with van der Waals surface area (Å²) in [5.74, 6) is -0.594. The second-order valence-corrected chi connectivity index (χ2v) is 4.14. The number of Topliss-reactive ketones (excluding diaryl/α,β-unsaturated/α-hetero) is 2. The summed E-state index contributed by atoms with van der Waals surface area (Å²) < 4.78 is 0. The molecule has 1 fully saturated rings. The smallest absolute Gasteiger partial charge is 0.205 e. The van der Waals surface area contributed by atoms with Crippen molar-refractivity contribution in [3.63, 3.8) is 0 Å². The van der Waals surface area contributed by atoms with E-state index in [2.05, 4.69) is 0 Å². The van der Waals surface area contributed by atoms with Crippen LogP contribution in [-0.2, 0) is 9.59 Å². The first-order chi connectivity index (χ1) is 7.18. The van der Waals surface area contributed by atoms with E-state index in [0.717, 1.165) is 18.4 Å². The Bertz CT molecular complexity index is 390. The fraction of sp³-hybridized carbons (Fsp3) is 0.385. The van der Waals surface area contributed by atoms with Gasteiger partial charge in [-0.3, -0.25) is 9.59 Å². The van der Waals surface area contributed by atoms with Crippen LogP contribution >= 0.6 is 0 Å². The van der Waals surface area contributed by atoms with Gasteiger partial charge in [-0.05, 0) is 25.3 Å². The van der Waals surface area contributed by atoms with Gasteiger partial charge in [0.05, 0.1) is 5.92 Å². The summed E-state index contributed by atoms with van der Waals surface area (Å²) in [6.45, 7) is 2.01. The Morgan fingerprint density at radius 3 is 2.47 bits per heavy atom. The van der Waals surface area contributed by atoms with Gasteiger partial charge in [-0.1, -0.05) is 29.8 Å². The van der Waals surface area contributed by atoms with Crippen LogP contribution in [0.3, 0.4) is 0 Å². The maximum atomic E-state index is 11.7. The molecule has 15 heavy (non-hydrogen) atoms. The topological polar surface area (TPSA) is 34.1 Å². The van der Waals surface area contributed by atoms with Crippen LogP contribution in [0.15, 0.2) is 24.3 Å². The van der Waals surface area contributed by atoms with Crippen molar-refractivity contribution in [1.29, 1.82) is 0 Å². The number of benzene rings is 1. The second kappa shape index (κ2) is 3.97. The molecule has 0 aliphatic heterocycles. The average molecular weight is 202 g/mol. The fourth-order valence-corrected chi connectivity index (χ4v) is 2.03. The highest BCUT2D eigenvalue weighted by Crippen LogP contribution is 2.28. The van der Waals surface area contributed by atoms with Crippen molar-refractivity contribution in [1.82, 2.24) is 0 Å². The van der Waals surface area contributed by atoms with Gasteiger partial charge in [0.2, 0.25) is 5.78 Å². The van der Waals surface area contributed by atoms with Gasteiger partial charge in [-0.25, -0.2) is 0 Å². The lowest BCUT2D eigenvalue weighted by atomic mass is 9.82. The first-order valence-electron chi connectivity index (χ1n) is 5.32. The van der Waals surface area contributed by atoms with Gasteiger partial charge in [0.25, 0.3) is 0 Å². The van der Waals surface area contributed by atoms with Crippen molar-refractivity contribution in [2.75, 3.05) is 0 Å². The number of rotatable bonds is 1. The van der Waals surface area contributed by atoms with Crippen molar-refractivity contribution < 1.29 is 9.59 Å². The highest BCUT2D eigenvalue weighted by Gasteiger charge is 2.30. The predicted molar refractivity (Wildman–Crippen MR) is 57.8 cm³/mol. The van der Waals surface area contributed by atoms with E-state index in [9.17, 15) is 9.59 Å². The molecular formula is C13H14O2. The Balaban J connectivity index is 2.26. The largest absolute Gasteiger partial charge is 0.291 e. The molecule has 1 aromatic rings. The van der Waals surface area contributed by atoms with Gasteiger partial charge in [0.1, 0.15) is 0 Å². The van der Waals surface area contributed by atoms with E-state index in [1.807, 2.05) is 31.2 Å². The summed E-state index contributed by atoms with van der Waals surface area (Å²) in [4.78, 5) is 23.0. The van der Waals surface area contributed by atoms with Crippen molar-refractivity contribution in [3.8, 4) is 0 Å².